The SMILES string of the molecule is CC(C)OC(=O)[C@H](N[S@@](=O)C(C)(C)C)c1cc2ccccc2c2ccccc12. The highest BCUT2D eigenvalue weighted by Crippen LogP contribution is 2.33. The van der Waals surface area contributed by atoms with Crippen molar-refractivity contribution in [2.75, 3.05) is 0 Å². The number of nitrogens with one attached hydrogen (secondary N) is 1. The number of fused-ring (bicyclic) bond motifs is 3. The van der Waals surface area contributed by atoms with Crippen LogP contribution in [0.4, 0.5) is 0 Å². The van der Waals surface area contributed by atoms with Gasteiger partial charge in [-0.25, -0.2) is 13.7 Å². The van der Waals surface area contributed by atoms with E-state index in [2.05, 4.69) is 10.8 Å². The van der Waals surface area contributed by atoms with E-state index in [0.29, 0.717) is 0 Å². The third-order valence-electron chi connectivity index (χ3n) is 4.48. The van der Waals surface area contributed by atoms with Gasteiger partial charge in [0.15, 0.2) is 0 Å². The summed E-state index contributed by atoms with van der Waals surface area (Å²) in [4.78, 5) is 13.0. The number of hydrogen-bond donors (Lipinski definition) is 1. The summed E-state index contributed by atoms with van der Waals surface area (Å²) in [5, 5.41) is 4.16. The molecule has 0 saturated carbocycles. The van der Waals surface area contributed by atoms with Crippen molar-refractivity contribution < 1.29 is 13.7 Å². The monoisotopic (exact) mass is 397 g/mol. The number of ether oxygens (including phenoxy) is 1. The third kappa shape index (κ3) is 4.26. The topological polar surface area (TPSA) is 55.4 Å². The second-order valence-corrected chi connectivity index (χ2v) is 10.1. The number of esters is 1. The van der Waals surface area contributed by atoms with Gasteiger partial charge in [0.2, 0.25) is 0 Å². The molecular formula is C23H27NO3S. The van der Waals surface area contributed by atoms with Gasteiger partial charge in [0, 0.05) is 0 Å². The highest BCUT2D eigenvalue weighted by molar-refractivity contribution is 7.84. The minimum atomic E-state index is -1.43. The van der Waals surface area contributed by atoms with Crippen molar-refractivity contribution in [3.63, 3.8) is 0 Å². The zero-order valence-corrected chi connectivity index (χ0v) is 17.8. The molecule has 0 spiro atoms. The molecule has 0 aliphatic carbocycles. The fourth-order valence-electron chi connectivity index (χ4n) is 3.14. The molecule has 0 unspecified atom stereocenters. The van der Waals surface area contributed by atoms with Crippen molar-refractivity contribution in [3.8, 4) is 0 Å². The Morgan fingerprint density at radius 2 is 1.54 bits per heavy atom. The summed E-state index contributed by atoms with van der Waals surface area (Å²) in [6.07, 6.45) is -0.258. The Labute approximate surface area is 168 Å². The van der Waals surface area contributed by atoms with Crippen LogP contribution < -0.4 is 4.72 Å². The molecule has 0 bridgehead atoms. The van der Waals surface area contributed by atoms with Crippen molar-refractivity contribution >= 4 is 38.5 Å². The van der Waals surface area contributed by atoms with Crippen LogP contribution in [-0.2, 0) is 20.5 Å². The smallest absolute Gasteiger partial charge is 0.328 e. The molecule has 0 saturated heterocycles. The van der Waals surface area contributed by atoms with E-state index in [-0.39, 0.29) is 6.10 Å². The summed E-state index contributed by atoms with van der Waals surface area (Å²) in [5.74, 6) is -0.423. The number of hydrogen-bond acceptors (Lipinski definition) is 3. The predicted octanol–water partition coefficient (Wildman–Crippen LogP) is 5.04. The van der Waals surface area contributed by atoms with Crippen LogP contribution in [0.2, 0.25) is 0 Å². The van der Waals surface area contributed by atoms with Gasteiger partial charge in [0.25, 0.3) is 0 Å². The molecule has 0 amide bonds. The molecule has 0 aliphatic rings. The highest BCUT2D eigenvalue weighted by atomic mass is 32.2. The molecule has 0 fully saturated rings. The minimum Gasteiger partial charge on any atom is -0.462 e. The minimum absolute atomic E-state index is 0.258. The second kappa shape index (κ2) is 8.02. The molecule has 3 aromatic carbocycles. The molecule has 2 atom stereocenters. The van der Waals surface area contributed by atoms with Crippen LogP contribution in [0.25, 0.3) is 21.5 Å². The second-order valence-electron chi connectivity index (χ2n) is 8.15. The molecule has 148 valence electrons. The van der Waals surface area contributed by atoms with Crippen LogP contribution in [0, 0.1) is 0 Å². The van der Waals surface area contributed by atoms with Crippen LogP contribution in [0.5, 0.6) is 0 Å². The van der Waals surface area contributed by atoms with Gasteiger partial charge >= 0.3 is 5.97 Å². The molecule has 4 nitrogen and oxygen atoms in total. The number of carbonyl (C=O) groups is 1. The van der Waals surface area contributed by atoms with Gasteiger partial charge in [0.1, 0.15) is 6.04 Å². The molecule has 5 heteroatoms. The molecule has 1 N–H and O–H groups in total. The predicted molar refractivity (Wildman–Crippen MR) is 116 cm³/mol. The van der Waals surface area contributed by atoms with E-state index in [1.54, 1.807) is 0 Å². The van der Waals surface area contributed by atoms with Gasteiger partial charge in [0.05, 0.1) is 21.8 Å². The van der Waals surface area contributed by atoms with Crippen LogP contribution in [0.15, 0.2) is 54.6 Å². The van der Waals surface area contributed by atoms with Gasteiger partial charge in [-0.3, -0.25) is 0 Å². The van der Waals surface area contributed by atoms with E-state index in [1.165, 1.54) is 0 Å². The molecule has 0 heterocycles. The number of rotatable bonds is 5. The summed E-state index contributed by atoms with van der Waals surface area (Å²) < 4.78 is 20.9. The summed E-state index contributed by atoms with van der Waals surface area (Å²) >= 11 is 0. The van der Waals surface area contributed by atoms with Crippen molar-refractivity contribution in [2.45, 2.75) is 51.5 Å². The number of carbonyl (C=O) groups excluding carboxylic acids is 1. The fourth-order valence-corrected chi connectivity index (χ4v) is 3.94. The normalized spacial score (nSPS) is 14.4. The van der Waals surface area contributed by atoms with E-state index in [4.69, 9.17) is 4.74 Å². The summed E-state index contributed by atoms with van der Waals surface area (Å²) in [7, 11) is -1.43. The van der Waals surface area contributed by atoms with Crippen molar-refractivity contribution in [3.05, 3.63) is 60.2 Å². The lowest BCUT2D eigenvalue weighted by molar-refractivity contribution is -0.149. The zero-order chi connectivity index (χ0) is 20.5. The first-order valence-electron chi connectivity index (χ1n) is 9.47. The Morgan fingerprint density at radius 3 is 2.14 bits per heavy atom. The largest absolute Gasteiger partial charge is 0.462 e. The molecule has 0 aliphatic heterocycles. The Bertz CT molecular complexity index is 1040. The third-order valence-corrected chi connectivity index (χ3v) is 6.04. The first-order valence-corrected chi connectivity index (χ1v) is 10.6. The molecular weight excluding hydrogens is 370 g/mol. The Kier molecular flexibility index (Phi) is 5.87. The average Bonchev–Trinajstić information content (AvgIpc) is 2.64. The molecule has 0 radical (unpaired) electrons. The van der Waals surface area contributed by atoms with Gasteiger partial charge in [-0.05, 0) is 67.8 Å². The summed E-state index contributed by atoms with van der Waals surface area (Å²) in [6.45, 7) is 9.25. The highest BCUT2D eigenvalue weighted by Gasteiger charge is 2.31. The summed E-state index contributed by atoms with van der Waals surface area (Å²) in [6, 6.07) is 17.2. The van der Waals surface area contributed by atoms with Crippen LogP contribution in [0.1, 0.15) is 46.2 Å². The lowest BCUT2D eigenvalue weighted by Crippen LogP contribution is -2.40. The Hall–Kier alpha value is -2.24. The maximum Gasteiger partial charge on any atom is 0.328 e. The van der Waals surface area contributed by atoms with Gasteiger partial charge in [-0.2, -0.15) is 0 Å². The van der Waals surface area contributed by atoms with Crippen molar-refractivity contribution in [2.24, 2.45) is 0 Å². The lowest BCUT2D eigenvalue weighted by Gasteiger charge is -2.25. The number of benzene rings is 3. The maximum atomic E-state index is 13.0. The molecule has 3 rings (SSSR count). The molecule has 0 aromatic heterocycles. The lowest BCUT2D eigenvalue weighted by atomic mass is 9.94. The maximum absolute atomic E-state index is 13.0. The van der Waals surface area contributed by atoms with E-state index >= 15 is 0 Å². The van der Waals surface area contributed by atoms with Gasteiger partial charge in [-0.15, -0.1) is 0 Å². The van der Waals surface area contributed by atoms with Crippen LogP contribution >= 0.6 is 0 Å². The molecule has 3 aromatic rings. The first-order chi connectivity index (χ1) is 13.2. The van der Waals surface area contributed by atoms with Gasteiger partial charge < -0.3 is 4.74 Å². The van der Waals surface area contributed by atoms with E-state index in [9.17, 15) is 9.00 Å². The first kappa shape index (κ1) is 20.5. The Morgan fingerprint density at radius 1 is 0.964 bits per heavy atom. The van der Waals surface area contributed by atoms with Crippen molar-refractivity contribution in [1.82, 2.24) is 4.72 Å². The Balaban J connectivity index is 2.21. The summed E-state index contributed by atoms with van der Waals surface area (Å²) in [5.41, 5.74) is 0.776. The van der Waals surface area contributed by atoms with Crippen molar-refractivity contribution in [1.29, 1.82) is 0 Å². The van der Waals surface area contributed by atoms with Crippen LogP contribution in [-0.4, -0.2) is 21.0 Å². The van der Waals surface area contributed by atoms with E-state index in [1.807, 2.05) is 83.1 Å². The zero-order valence-electron chi connectivity index (χ0n) is 17.0. The van der Waals surface area contributed by atoms with Gasteiger partial charge in [-0.1, -0.05) is 48.5 Å². The van der Waals surface area contributed by atoms with E-state index in [0.717, 1.165) is 27.1 Å². The molecule has 28 heavy (non-hydrogen) atoms. The standard InChI is InChI=1S/C23H27NO3S/c1-15(2)27-22(25)21(24-28(26)23(3,4)5)20-14-16-10-6-7-11-17(16)18-12-8-9-13-19(18)20/h6-15,21,24H,1-5H3/t21-,28+/m1/s1. The van der Waals surface area contributed by atoms with Crippen LogP contribution in [0.3, 0.4) is 0 Å². The van der Waals surface area contributed by atoms with E-state index < -0.39 is 27.7 Å². The fraction of sp³-hybridized carbons (Fsp3) is 0.348. The quantitative estimate of drug-likeness (QED) is 0.485. The average molecular weight is 398 g/mol.